The summed E-state index contributed by atoms with van der Waals surface area (Å²) in [6, 6.07) is 20.0. The van der Waals surface area contributed by atoms with E-state index >= 15 is 0 Å². The Labute approximate surface area is 132 Å². The van der Waals surface area contributed by atoms with Gasteiger partial charge in [0, 0.05) is 5.75 Å². The maximum atomic E-state index is 12.1. The SMILES string of the molecule is O=c1cnnc(SCc2ccccc2)n1Cc1ccccc1. The van der Waals surface area contributed by atoms with Crippen molar-refractivity contribution in [2.45, 2.75) is 17.5 Å². The first-order valence-corrected chi connectivity index (χ1v) is 7.94. The molecule has 0 aliphatic heterocycles. The third-order valence-corrected chi connectivity index (χ3v) is 4.24. The Morgan fingerprint density at radius 1 is 0.909 bits per heavy atom. The van der Waals surface area contributed by atoms with E-state index in [-0.39, 0.29) is 5.56 Å². The summed E-state index contributed by atoms with van der Waals surface area (Å²) < 4.78 is 1.66. The number of rotatable bonds is 5. The zero-order chi connectivity index (χ0) is 15.2. The van der Waals surface area contributed by atoms with Crippen molar-refractivity contribution < 1.29 is 0 Å². The largest absolute Gasteiger partial charge is 0.280 e. The lowest BCUT2D eigenvalue weighted by molar-refractivity contribution is 0.611. The smallest absolute Gasteiger partial charge is 0.273 e. The first kappa shape index (κ1) is 14.5. The molecule has 22 heavy (non-hydrogen) atoms. The van der Waals surface area contributed by atoms with E-state index < -0.39 is 0 Å². The quantitative estimate of drug-likeness (QED) is 0.680. The molecule has 0 unspecified atom stereocenters. The fourth-order valence-electron chi connectivity index (χ4n) is 2.09. The molecule has 5 heteroatoms. The van der Waals surface area contributed by atoms with E-state index in [4.69, 9.17) is 0 Å². The summed E-state index contributed by atoms with van der Waals surface area (Å²) in [6.45, 7) is 0.506. The van der Waals surface area contributed by atoms with E-state index in [2.05, 4.69) is 22.3 Å². The zero-order valence-corrected chi connectivity index (χ0v) is 12.7. The van der Waals surface area contributed by atoms with E-state index in [1.54, 1.807) is 4.57 Å². The zero-order valence-electron chi connectivity index (χ0n) is 11.9. The van der Waals surface area contributed by atoms with Crippen molar-refractivity contribution in [2.24, 2.45) is 0 Å². The lowest BCUT2D eigenvalue weighted by Crippen LogP contribution is -2.23. The molecule has 0 saturated heterocycles. The van der Waals surface area contributed by atoms with Gasteiger partial charge in [0.25, 0.3) is 5.56 Å². The highest BCUT2D eigenvalue weighted by atomic mass is 32.2. The molecule has 0 aliphatic rings. The molecule has 0 radical (unpaired) electrons. The summed E-state index contributed by atoms with van der Waals surface area (Å²) in [6.07, 6.45) is 1.26. The predicted molar refractivity (Wildman–Crippen MR) is 87.8 cm³/mol. The van der Waals surface area contributed by atoms with Gasteiger partial charge in [-0.25, -0.2) is 0 Å². The van der Waals surface area contributed by atoms with Gasteiger partial charge in [0.1, 0.15) is 6.20 Å². The predicted octanol–water partition coefficient (Wildman–Crippen LogP) is 2.98. The van der Waals surface area contributed by atoms with Gasteiger partial charge in [-0.05, 0) is 11.1 Å². The Balaban J connectivity index is 1.82. The molecule has 0 saturated carbocycles. The van der Waals surface area contributed by atoms with Gasteiger partial charge >= 0.3 is 0 Å². The van der Waals surface area contributed by atoms with Gasteiger partial charge < -0.3 is 0 Å². The first-order valence-electron chi connectivity index (χ1n) is 6.96. The van der Waals surface area contributed by atoms with Crippen LogP contribution in [0.2, 0.25) is 0 Å². The number of nitrogens with zero attached hydrogens (tertiary/aromatic N) is 3. The molecule has 1 aromatic heterocycles. The minimum atomic E-state index is -0.130. The van der Waals surface area contributed by atoms with Gasteiger partial charge in [0.15, 0.2) is 5.16 Å². The second-order valence-corrected chi connectivity index (χ2v) is 5.75. The third kappa shape index (κ3) is 3.62. The summed E-state index contributed by atoms with van der Waals surface area (Å²) in [5, 5.41) is 8.56. The van der Waals surface area contributed by atoms with Gasteiger partial charge in [-0.1, -0.05) is 72.4 Å². The van der Waals surface area contributed by atoms with Crippen LogP contribution in [-0.2, 0) is 12.3 Å². The first-order chi connectivity index (χ1) is 10.8. The number of thioether (sulfide) groups is 1. The molecule has 0 spiro atoms. The number of benzene rings is 2. The van der Waals surface area contributed by atoms with E-state index in [1.807, 2.05) is 48.5 Å². The minimum Gasteiger partial charge on any atom is -0.280 e. The van der Waals surface area contributed by atoms with E-state index in [1.165, 1.54) is 23.5 Å². The van der Waals surface area contributed by atoms with Crippen LogP contribution in [0.4, 0.5) is 0 Å². The fourth-order valence-corrected chi connectivity index (χ4v) is 2.99. The van der Waals surface area contributed by atoms with Gasteiger partial charge in [-0.15, -0.1) is 5.10 Å². The van der Waals surface area contributed by atoms with Crippen molar-refractivity contribution in [3.8, 4) is 0 Å². The number of hydrogen-bond donors (Lipinski definition) is 0. The molecule has 2 aromatic carbocycles. The maximum absolute atomic E-state index is 12.1. The Bertz CT molecular complexity index is 788. The molecule has 4 nitrogen and oxygen atoms in total. The van der Waals surface area contributed by atoms with E-state index in [9.17, 15) is 4.79 Å². The van der Waals surface area contributed by atoms with Crippen LogP contribution in [0.25, 0.3) is 0 Å². The van der Waals surface area contributed by atoms with Gasteiger partial charge in [0.2, 0.25) is 0 Å². The van der Waals surface area contributed by atoms with Crippen molar-refractivity contribution in [1.82, 2.24) is 14.8 Å². The normalized spacial score (nSPS) is 10.5. The second kappa shape index (κ2) is 7.04. The summed E-state index contributed by atoms with van der Waals surface area (Å²) in [4.78, 5) is 12.1. The summed E-state index contributed by atoms with van der Waals surface area (Å²) in [5.41, 5.74) is 2.13. The van der Waals surface area contributed by atoms with E-state index in [0.29, 0.717) is 11.7 Å². The highest BCUT2D eigenvalue weighted by molar-refractivity contribution is 7.98. The van der Waals surface area contributed by atoms with Crippen molar-refractivity contribution in [3.05, 3.63) is 88.3 Å². The Morgan fingerprint density at radius 2 is 1.55 bits per heavy atom. The van der Waals surface area contributed by atoms with Crippen molar-refractivity contribution in [1.29, 1.82) is 0 Å². The summed E-state index contributed by atoms with van der Waals surface area (Å²) in [5.74, 6) is 0.758. The molecule has 1 heterocycles. The Kier molecular flexibility index (Phi) is 4.65. The topological polar surface area (TPSA) is 47.8 Å². The van der Waals surface area contributed by atoms with Crippen LogP contribution in [0, 0.1) is 0 Å². The van der Waals surface area contributed by atoms with Crippen LogP contribution in [0.1, 0.15) is 11.1 Å². The fraction of sp³-hybridized carbons (Fsp3) is 0.118. The molecule has 0 atom stereocenters. The van der Waals surface area contributed by atoms with Crippen LogP contribution < -0.4 is 5.56 Å². The van der Waals surface area contributed by atoms with Crippen molar-refractivity contribution >= 4 is 11.8 Å². The lowest BCUT2D eigenvalue weighted by Gasteiger charge is -2.10. The lowest BCUT2D eigenvalue weighted by atomic mass is 10.2. The van der Waals surface area contributed by atoms with Gasteiger partial charge in [0.05, 0.1) is 6.54 Å². The molecule has 0 N–H and O–H groups in total. The van der Waals surface area contributed by atoms with Crippen LogP contribution >= 0.6 is 11.8 Å². The van der Waals surface area contributed by atoms with Crippen molar-refractivity contribution in [3.63, 3.8) is 0 Å². The Morgan fingerprint density at radius 3 is 2.23 bits per heavy atom. The molecule has 110 valence electrons. The standard InChI is InChI=1S/C17H15N3OS/c21-16-11-18-19-17(22-13-15-9-5-2-6-10-15)20(16)12-14-7-3-1-4-8-14/h1-11H,12-13H2. The maximum Gasteiger partial charge on any atom is 0.273 e. The van der Waals surface area contributed by atoms with Crippen molar-refractivity contribution in [2.75, 3.05) is 0 Å². The molecular formula is C17H15N3OS. The van der Waals surface area contributed by atoms with Crippen LogP contribution in [0.3, 0.4) is 0 Å². The molecule has 3 aromatic rings. The monoisotopic (exact) mass is 309 g/mol. The number of hydrogen-bond acceptors (Lipinski definition) is 4. The average molecular weight is 309 g/mol. The van der Waals surface area contributed by atoms with Crippen LogP contribution in [0.15, 0.2) is 76.8 Å². The second-order valence-electron chi connectivity index (χ2n) is 4.81. The van der Waals surface area contributed by atoms with E-state index in [0.717, 1.165) is 11.3 Å². The van der Waals surface area contributed by atoms with Crippen LogP contribution in [0.5, 0.6) is 0 Å². The van der Waals surface area contributed by atoms with Gasteiger partial charge in [-0.3, -0.25) is 9.36 Å². The highest BCUT2D eigenvalue weighted by Crippen LogP contribution is 2.19. The highest BCUT2D eigenvalue weighted by Gasteiger charge is 2.08. The molecule has 0 bridgehead atoms. The third-order valence-electron chi connectivity index (χ3n) is 3.20. The van der Waals surface area contributed by atoms with Gasteiger partial charge in [-0.2, -0.15) is 5.10 Å². The number of aromatic nitrogens is 3. The molecule has 0 amide bonds. The summed E-state index contributed by atoms with van der Waals surface area (Å²) >= 11 is 1.52. The molecular weight excluding hydrogens is 294 g/mol. The molecule has 0 aliphatic carbocycles. The minimum absolute atomic E-state index is 0.130. The molecule has 3 rings (SSSR count). The summed E-state index contributed by atoms with van der Waals surface area (Å²) in [7, 11) is 0. The molecule has 0 fully saturated rings. The van der Waals surface area contributed by atoms with Crippen LogP contribution in [-0.4, -0.2) is 14.8 Å². The average Bonchev–Trinajstić information content (AvgIpc) is 2.57. The Hall–Kier alpha value is -2.40.